The molecule has 1 N–H and O–H groups in total. The van der Waals surface area contributed by atoms with E-state index < -0.39 is 6.10 Å². The summed E-state index contributed by atoms with van der Waals surface area (Å²) in [7, 11) is 1.98. The van der Waals surface area contributed by atoms with E-state index in [1.54, 1.807) is 6.92 Å². The molecule has 0 amide bonds. The third-order valence-electron chi connectivity index (χ3n) is 5.39. The molecule has 7 heteroatoms. The number of aryl methyl sites for hydroxylation is 1. The van der Waals surface area contributed by atoms with Gasteiger partial charge in [-0.2, -0.15) is 0 Å². The van der Waals surface area contributed by atoms with Crippen molar-refractivity contribution < 1.29 is 13.9 Å². The second-order valence-electron chi connectivity index (χ2n) is 7.58. The van der Waals surface area contributed by atoms with Crippen molar-refractivity contribution in [2.24, 2.45) is 5.92 Å². The normalized spacial score (nSPS) is 29.6. The standard InChI is InChI=1S/C18H26N4O3/c1-11-6-14(11)17-5-4-13(25-17)7-22-8-15(16(23)9-22)21(3)10-18-20-19-12(2)24-18/h4-5,11,14-16,23H,6-10H2,1-3H3/t11-,14+,15-,16-/m1/s1. The maximum absolute atomic E-state index is 10.4. The number of aliphatic hydroxyl groups excluding tert-OH is 1. The lowest BCUT2D eigenvalue weighted by Crippen LogP contribution is -2.40. The molecule has 4 rings (SSSR count). The Hall–Kier alpha value is -1.70. The third-order valence-corrected chi connectivity index (χ3v) is 5.39. The Kier molecular flexibility index (Phi) is 4.39. The van der Waals surface area contributed by atoms with Crippen molar-refractivity contribution in [3.63, 3.8) is 0 Å². The maximum Gasteiger partial charge on any atom is 0.230 e. The Morgan fingerprint density at radius 1 is 1.28 bits per heavy atom. The second-order valence-corrected chi connectivity index (χ2v) is 7.58. The Morgan fingerprint density at radius 3 is 2.76 bits per heavy atom. The minimum absolute atomic E-state index is 0.0464. The molecule has 0 aromatic carbocycles. The highest BCUT2D eigenvalue weighted by Gasteiger charge is 2.37. The molecule has 0 radical (unpaired) electrons. The number of nitrogens with zero attached hydrogens (tertiary/aromatic N) is 4. The first-order valence-electron chi connectivity index (χ1n) is 8.98. The predicted molar refractivity (Wildman–Crippen MR) is 90.8 cm³/mol. The molecule has 2 aromatic heterocycles. The van der Waals surface area contributed by atoms with Crippen LogP contribution in [0.1, 0.15) is 42.6 Å². The van der Waals surface area contributed by atoms with E-state index in [0.717, 1.165) is 30.5 Å². The Morgan fingerprint density at radius 2 is 2.08 bits per heavy atom. The van der Waals surface area contributed by atoms with E-state index in [0.29, 0.717) is 30.8 Å². The molecule has 0 unspecified atom stereocenters. The Balaban J connectivity index is 1.33. The molecule has 1 aliphatic carbocycles. The number of aromatic nitrogens is 2. The average Bonchev–Trinajstić information content (AvgIpc) is 2.95. The monoisotopic (exact) mass is 346 g/mol. The van der Waals surface area contributed by atoms with Crippen LogP contribution >= 0.6 is 0 Å². The molecule has 2 aromatic rings. The van der Waals surface area contributed by atoms with Gasteiger partial charge in [0.05, 0.1) is 19.2 Å². The summed E-state index contributed by atoms with van der Waals surface area (Å²) >= 11 is 0. The summed E-state index contributed by atoms with van der Waals surface area (Å²) in [4.78, 5) is 4.32. The second kappa shape index (κ2) is 6.55. The first-order valence-corrected chi connectivity index (χ1v) is 8.98. The molecule has 4 atom stereocenters. The van der Waals surface area contributed by atoms with E-state index in [1.807, 2.05) is 7.05 Å². The van der Waals surface area contributed by atoms with Crippen LogP contribution < -0.4 is 0 Å². The zero-order valence-electron chi connectivity index (χ0n) is 15.1. The van der Waals surface area contributed by atoms with Crippen LogP contribution in [0, 0.1) is 12.8 Å². The fourth-order valence-electron chi connectivity index (χ4n) is 3.76. The molecular formula is C18H26N4O3. The molecule has 136 valence electrons. The number of β-amino-alcohol motifs (C(OH)–C–C–N with tert-alkyl or cyclic N) is 1. The van der Waals surface area contributed by atoms with E-state index in [-0.39, 0.29) is 6.04 Å². The number of likely N-dealkylation sites (N-methyl/N-ethyl adjacent to an activating group) is 1. The first-order chi connectivity index (χ1) is 12.0. The number of hydrogen-bond donors (Lipinski definition) is 1. The van der Waals surface area contributed by atoms with Crippen LogP contribution in [0.2, 0.25) is 0 Å². The van der Waals surface area contributed by atoms with Gasteiger partial charge >= 0.3 is 0 Å². The van der Waals surface area contributed by atoms with E-state index in [1.165, 1.54) is 6.42 Å². The highest BCUT2D eigenvalue weighted by atomic mass is 16.4. The minimum Gasteiger partial charge on any atom is -0.464 e. The van der Waals surface area contributed by atoms with Gasteiger partial charge in [0.15, 0.2) is 0 Å². The van der Waals surface area contributed by atoms with Crippen LogP contribution in [0.25, 0.3) is 0 Å². The van der Waals surface area contributed by atoms with E-state index in [2.05, 4.69) is 39.1 Å². The summed E-state index contributed by atoms with van der Waals surface area (Å²) in [5, 5.41) is 18.3. The van der Waals surface area contributed by atoms with Crippen LogP contribution in [-0.4, -0.2) is 57.4 Å². The van der Waals surface area contributed by atoms with Crippen molar-refractivity contribution >= 4 is 0 Å². The van der Waals surface area contributed by atoms with Crippen LogP contribution in [0.4, 0.5) is 0 Å². The third kappa shape index (κ3) is 3.63. The van der Waals surface area contributed by atoms with E-state index in [4.69, 9.17) is 8.83 Å². The molecule has 7 nitrogen and oxygen atoms in total. The quantitative estimate of drug-likeness (QED) is 0.854. The fraction of sp³-hybridized carbons (Fsp3) is 0.667. The number of likely N-dealkylation sites (tertiary alicyclic amines) is 1. The van der Waals surface area contributed by atoms with Crippen molar-refractivity contribution in [1.29, 1.82) is 0 Å². The largest absolute Gasteiger partial charge is 0.464 e. The molecule has 2 fully saturated rings. The molecule has 1 aliphatic heterocycles. The Labute approximate surface area is 147 Å². The van der Waals surface area contributed by atoms with Gasteiger partial charge in [-0.25, -0.2) is 0 Å². The summed E-state index contributed by atoms with van der Waals surface area (Å²) in [6.45, 7) is 6.76. The zero-order chi connectivity index (χ0) is 17.6. The SMILES string of the molecule is Cc1nnc(CN(C)[C@@H]2CN(Cc3ccc([C@H]4C[C@H]4C)o3)C[C@H]2O)o1. The van der Waals surface area contributed by atoms with Crippen molar-refractivity contribution in [2.45, 2.75) is 51.4 Å². The smallest absolute Gasteiger partial charge is 0.230 e. The van der Waals surface area contributed by atoms with Crippen molar-refractivity contribution in [1.82, 2.24) is 20.0 Å². The number of furan rings is 1. The van der Waals surface area contributed by atoms with E-state index >= 15 is 0 Å². The summed E-state index contributed by atoms with van der Waals surface area (Å²) in [6.07, 6.45) is 0.837. The number of aliphatic hydroxyl groups is 1. The topological polar surface area (TPSA) is 78.8 Å². The van der Waals surface area contributed by atoms with Gasteiger partial charge in [0.25, 0.3) is 0 Å². The van der Waals surface area contributed by atoms with Gasteiger partial charge in [0.1, 0.15) is 11.5 Å². The van der Waals surface area contributed by atoms with Gasteiger partial charge in [-0.15, -0.1) is 10.2 Å². The molecule has 0 spiro atoms. The van der Waals surface area contributed by atoms with Gasteiger partial charge in [-0.1, -0.05) is 6.92 Å². The molecular weight excluding hydrogens is 320 g/mol. The zero-order valence-corrected chi connectivity index (χ0v) is 15.1. The molecule has 25 heavy (non-hydrogen) atoms. The highest BCUT2D eigenvalue weighted by Crippen LogP contribution is 2.47. The predicted octanol–water partition coefficient (Wildman–Crippen LogP) is 1.77. The van der Waals surface area contributed by atoms with Gasteiger partial charge in [0.2, 0.25) is 11.8 Å². The van der Waals surface area contributed by atoms with E-state index in [9.17, 15) is 5.11 Å². The summed E-state index contributed by atoms with van der Waals surface area (Å²) in [5.74, 6) is 4.60. The molecule has 2 aliphatic rings. The summed E-state index contributed by atoms with van der Waals surface area (Å²) in [5.41, 5.74) is 0. The minimum atomic E-state index is -0.396. The Bertz CT molecular complexity index is 727. The number of hydrogen-bond acceptors (Lipinski definition) is 7. The number of rotatable bonds is 6. The lowest BCUT2D eigenvalue weighted by atomic mass is 10.2. The first kappa shape index (κ1) is 16.8. The molecule has 1 saturated carbocycles. The van der Waals surface area contributed by atoms with Crippen LogP contribution in [-0.2, 0) is 13.1 Å². The van der Waals surface area contributed by atoms with Gasteiger partial charge in [0, 0.05) is 32.0 Å². The maximum atomic E-state index is 10.4. The van der Waals surface area contributed by atoms with Crippen LogP contribution in [0.3, 0.4) is 0 Å². The summed E-state index contributed by atoms with van der Waals surface area (Å²) < 4.78 is 11.4. The van der Waals surface area contributed by atoms with Crippen molar-refractivity contribution in [3.05, 3.63) is 35.4 Å². The highest BCUT2D eigenvalue weighted by molar-refractivity contribution is 5.17. The lowest BCUT2D eigenvalue weighted by molar-refractivity contribution is 0.0898. The van der Waals surface area contributed by atoms with Crippen molar-refractivity contribution in [2.75, 3.05) is 20.1 Å². The van der Waals surface area contributed by atoms with Crippen LogP contribution in [0.5, 0.6) is 0 Å². The van der Waals surface area contributed by atoms with Gasteiger partial charge < -0.3 is 13.9 Å². The van der Waals surface area contributed by atoms with Gasteiger partial charge in [-0.3, -0.25) is 9.80 Å². The van der Waals surface area contributed by atoms with Gasteiger partial charge in [-0.05, 0) is 31.5 Å². The van der Waals surface area contributed by atoms with Crippen LogP contribution in [0.15, 0.2) is 21.0 Å². The summed E-state index contributed by atoms with van der Waals surface area (Å²) in [6, 6.07) is 4.23. The fourth-order valence-corrected chi connectivity index (χ4v) is 3.76. The molecule has 1 saturated heterocycles. The average molecular weight is 346 g/mol. The lowest BCUT2D eigenvalue weighted by Gasteiger charge is -2.24. The molecule has 3 heterocycles. The van der Waals surface area contributed by atoms with Crippen molar-refractivity contribution in [3.8, 4) is 0 Å². The molecule has 0 bridgehead atoms.